The molecule has 0 radical (unpaired) electrons. The van der Waals surface area contributed by atoms with Crippen LogP contribution in [0.25, 0.3) is 0 Å². The molecule has 1 heterocycles. The van der Waals surface area contributed by atoms with E-state index in [1.807, 2.05) is 48.5 Å². The molecule has 0 saturated carbocycles. The number of nitrogens with one attached hydrogen (secondary N) is 1. The Morgan fingerprint density at radius 3 is 2.56 bits per heavy atom. The van der Waals surface area contributed by atoms with Crippen LogP contribution in [0.15, 0.2) is 48.5 Å². The molecule has 2 N–H and O–H groups in total. The van der Waals surface area contributed by atoms with Gasteiger partial charge >= 0.3 is 0 Å². The average Bonchev–Trinajstić information content (AvgIpc) is 3.11. The van der Waals surface area contributed by atoms with E-state index in [4.69, 9.17) is 14.2 Å². The zero-order chi connectivity index (χ0) is 19.2. The van der Waals surface area contributed by atoms with Crippen LogP contribution in [0.4, 0.5) is 0 Å². The third-order valence-electron chi connectivity index (χ3n) is 4.67. The Kier molecular flexibility index (Phi) is 6.68. The Bertz CT molecular complexity index is 725. The molecule has 3 atom stereocenters. The highest BCUT2D eigenvalue weighted by Crippen LogP contribution is 2.30. The minimum absolute atomic E-state index is 0.00553. The fraction of sp³-hybridized carbons (Fsp3) is 0.429. The highest BCUT2D eigenvalue weighted by Gasteiger charge is 2.34. The molecule has 3 unspecified atom stereocenters. The number of hydrogen-bond acceptors (Lipinski definition) is 6. The van der Waals surface area contributed by atoms with Gasteiger partial charge in [0.25, 0.3) is 0 Å². The monoisotopic (exact) mass is 372 g/mol. The number of hydrogen-bond donors (Lipinski definition) is 2. The van der Waals surface area contributed by atoms with Crippen LogP contribution in [0, 0.1) is 0 Å². The number of aliphatic hydroxyl groups is 1. The molecule has 1 aliphatic rings. The van der Waals surface area contributed by atoms with Crippen LogP contribution in [0.1, 0.15) is 24.3 Å². The molecule has 1 fully saturated rings. The van der Waals surface area contributed by atoms with E-state index in [1.54, 1.807) is 14.2 Å². The SMILES string of the molecule is COc1ccc(CC(C)NN2CC(CO)OC2c2ccccc2)cc1OC. The van der Waals surface area contributed by atoms with Crippen molar-refractivity contribution >= 4 is 0 Å². The van der Waals surface area contributed by atoms with Crippen molar-refractivity contribution in [3.05, 3.63) is 59.7 Å². The van der Waals surface area contributed by atoms with E-state index in [-0.39, 0.29) is 25.0 Å². The third kappa shape index (κ3) is 4.78. The largest absolute Gasteiger partial charge is 0.493 e. The van der Waals surface area contributed by atoms with Gasteiger partial charge in [-0.1, -0.05) is 36.4 Å². The van der Waals surface area contributed by atoms with Crippen molar-refractivity contribution in [1.29, 1.82) is 0 Å². The Balaban J connectivity index is 1.67. The topological polar surface area (TPSA) is 63.2 Å². The van der Waals surface area contributed by atoms with Crippen LogP contribution >= 0.6 is 0 Å². The van der Waals surface area contributed by atoms with Crippen molar-refractivity contribution in [3.8, 4) is 11.5 Å². The van der Waals surface area contributed by atoms with Crippen molar-refractivity contribution in [2.24, 2.45) is 0 Å². The molecular weight excluding hydrogens is 344 g/mol. The predicted octanol–water partition coefficient (Wildman–Crippen LogP) is 2.53. The van der Waals surface area contributed by atoms with Gasteiger partial charge in [0.1, 0.15) is 6.23 Å². The van der Waals surface area contributed by atoms with E-state index in [9.17, 15) is 5.11 Å². The molecule has 146 valence electrons. The van der Waals surface area contributed by atoms with Crippen LogP contribution in [0.3, 0.4) is 0 Å². The first-order valence-corrected chi connectivity index (χ1v) is 9.19. The highest BCUT2D eigenvalue weighted by molar-refractivity contribution is 5.43. The van der Waals surface area contributed by atoms with E-state index in [1.165, 1.54) is 0 Å². The maximum atomic E-state index is 9.52. The van der Waals surface area contributed by atoms with E-state index in [2.05, 4.69) is 17.4 Å². The second-order valence-electron chi connectivity index (χ2n) is 6.78. The van der Waals surface area contributed by atoms with Crippen molar-refractivity contribution in [1.82, 2.24) is 10.4 Å². The van der Waals surface area contributed by atoms with Crippen LogP contribution in [0.2, 0.25) is 0 Å². The number of aliphatic hydroxyl groups excluding tert-OH is 1. The lowest BCUT2D eigenvalue weighted by molar-refractivity contribution is -0.0370. The Labute approximate surface area is 160 Å². The fourth-order valence-electron chi connectivity index (χ4n) is 3.40. The number of methoxy groups -OCH3 is 2. The van der Waals surface area contributed by atoms with E-state index >= 15 is 0 Å². The van der Waals surface area contributed by atoms with Gasteiger partial charge in [-0.15, -0.1) is 0 Å². The lowest BCUT2D eigenvalue weighted by atomic mass is 10.1. The van der Waals surface area contributed by atoms with E-state index < -0.39 is 0 Å². The number of hydrazine groups is 1. The molecule has 2 aromatic carbocycles. The summed E-state index contributed by atoms with van der Waals surface area (Å²) in [5.74, 6) is 1.46. The minimum atomic E-state index is -0.212. The van der Waals surface area contributed by atoms with Crippen LogP contribution in [-0.4, -0.2) is 49.6 Å². The van der Waals surface area contributed by atoms with Gasteiger partial charge in [0.15, 0.2) is 11.5 Å². The quantitative estimate of drug-likeness (QED) is 0.743. The molecule has 0 spiro atoms. The summed E-state index contributed by atoms with van der Waals surface area (Å²) in [7, 11) is 3.28. The second-order valence-corrected chi connectivity index (χ2v) is 6.78. The molecule has 3 rings (SSSR count). The zero-order valence-corrected chi connectivity index (χ0v) is 16.1. The zero-order valence-electron chi connectivity index (χ0n) is 16.1. The number of ether oxygens (including phenoxy) is 3. The fourth-order valence-corrected chi connectivity index (χ4v) is 3.40. The molecule has 2 aromatic rings. The molecule has 0 bridgehead atoms. The summed E-state index contributed by atoms with van der Waals surface area (Å²) in [5.41, 5.74) is 5.76. The summed E-state index contributed by atoms with van der Waals surface area (Å²) in [6, 6.07) is 16.2. The van der Waals surface area contributed by atoms with E-state index in [0.29, 0.717) is 6.54 Å². The Hall–Kier alpha value is -2.12. The third-order valence-corrected chi connectivity index (χ3v) is 4.67. The normalized spacial score (nSPS) is 21.2. The minimum Gasteiger partial charge on any atom is -0.493 e. The molecular formula is C21H28N2O4. The van der Waals surface area contributed by atoms with Gasteiger partial charge in [-0.2, -0.15) is 0 Å². The summed E-state index contributed by atoms with van der Waals surface area (Å²) in [6.07, 6.45) is 0.412. The first-order chi connectivity index (χ1) is 13.1. The second kappa shape index (κ2) is 9.19. The van der Waals surface area contributed by atoms with Crippen molar-refractivity contribution in [3.63, 3.8) is 0 Å². The summed E-state index contributed by atoms with van der Waals surface area (Å²) in [6.45, 7) is 2.77. The Morgan fingerprint density at radius 2 is 1.89 bits per heavy atom. The van der Waals surface area contributed by atoms with Gasteiger partial charge in [-0.3, -0.25) is 0 Å². The molecule has 1 aliphatic heterocycles. The average molecular weight is 372 g/mol. The van der Waals surface area contributed by atoms with Crippen LogP contribution in [0.5, 0.6) is 11.5 Å². The molecule has 1 saturated heterocycles. The molecule has 0 aliphatic carbocycles. The first-order valence-electron chi connectivity index (χ1n) is 9.19. The van der Waals surface area contributed by atoms with Gasteiger partial charge in [-0.05, 0) is 36.6 Å². The predicted molar refractivity (Wildman–Crippen MR) is 104 cm³/mol. The van der Waals surface area contributed by atoms with Gasteiger partial charge in [0.2, 0.25) is 0 Å². The van der Waals surface area contributed by atoms with Crippen molar-refractivity contribution < 1.29 is 19.3 Å². The molecule has 0 amide bonds. The van der Waals surface area contributed by atoms with Crippen molar-refractivity contribution in [2.75, 3.05) is 27.4 Å². The number of rotatable bonds is 8. The van der Waals surface area contributed by atoms with E-state index in [0.717, 1.165) is 29.0 Å². The Morgan fingerprint density at radius 1 is 1.15 bits per heavy atom. The first kappa shape index (κ1) is 19.6. The summed E-state index contributed by atoms with van der Waals surface area (Å²) in [4.78, 5) is 0. The maximum Gasteiger partial charge on any atom is 0.160 e. The molecule has 27 heavy (non-hydrogen) atoms. The standard InChI is InChI=1S/C21H28N2O4/c1-15(11-16-9-10-19(25-2)20(12-16)26-3)22-23-13-18(14-24)27-21(23)17-7-5-4-6-8-17/h4-10,12,15,18,21-22,24H,11,13-14H2,1-3H3. The number of benzene rings is 2. The van der Waals surface area contributed by atoms with Crippen LogP contribution in [-0.2, 0) is 11.2 Å². The summed E-state index contributed by atoms with van der Waals surface area (Å²) < 4.78 is 16.7. The van der Waals surface area contributed by atoms with Gasteiger partial charge in [0, 0.05) is 12.6 Å². The smallest absolute Gasteiger partial charge is 0.160 e. The molecule has 0 aromatic heterocycles. The van der Waals surface area contributed by atoms with Gasteiger partial charge < -0.3 is 19.3 Å². The summed E-state index contributed by atoms with van der Waals surface area (Å²) in [5, 5.41) is 11.6. The lowest BCUT2D eigenvalue weighted by Gasteiger charge is -2.27. The maximum absolute atomic E-state index is 9.52. The van der Waals surface area contributed by atoms with Crippen LogP contribution < -0.4 is 14.9 Å². The number of nitrogens with zero attached hydrogens (tertiary/aromatic N) is 1. The lowest BCUT2D eigenvalue weighted by Crippen LogP contribution is -2.44. The van der Waals surface area contributed by atoms with Gasteiger partial charge in [0.05, 0.1) is 26.9 Å². The molecule has 6 heteroatoms. The summed E-state index contributed by atoms with van der Waals surface area (Å²) >= 11 is 0. The molecule has 6 nitrogen and oxygen atoms in total. The van der Waals surface area contributed by atoms with Crippen molar-refractivity contribution in [2.45, 2.75) is 31.7 Å². The van der Waals surface area contributed by atoms with Gasteiger partial charge in [-0.25, -0.2) is 10.4 Å². The highest BCUT2D eigenvalue weighted by atomic mass is 16.5.